The number of nitrogens with zero attached hydrogens (tertiary/aromatic N) is 3. The first-order chi connectivity index (χ1) is 27.4. The minimum Gasteiger partial charge on any atom is -0.496 e. The van der Waals surface area contributed by atoms with E-state index in [1.54, 1.807) is 6.07 Å². The molecule has 2 unspecified atom stereocenters. The van der Waals surface area contributed by atoms with Crippen molar-refractivity contribution >= 4 is 34.9 Å². The van der Waals surface area contributed by atoms with Crippen LogP contribution in [0.5, 0.6) is 5.75 Å². The minimum atomic E-state index is -2.52. The average Bonchev–Trinajstić information content (AvgIpc) is 3.90. The number of anilines is 1. The Hall–Kier alpha value is -4.27. The molecule has 10 atom stereocenters. The van der Waals surface area contributed by atoms with Gasteiger partial charge in [0.15, 0.2) is 0 Å². The highest BCUT2D eigenvalue weighted by atomic mass is 16.5. The Morgan fingerprint density at radius 2 is 1.75 bits per heavy atom. The van der Waals surface area contributed by atoms with Crippen LogP contribution in [-0.2, 0) is 41.1 Å². The summed E-state index contributed by atoms with van der Waals surface area (Å²) in [4.78, 5) is 52.5. The molecular weight excluding hydrogens is 729 g/mol. The largest absolute Gasteiger partial charge is 0.496 e. The summed E-state index contributed by atoms with van der Waals surface area (Å²) in [6.07, 6.45) is 5.71. The van der Waals surface area contributed by atoms with Gasteiger partial charge in [0, 0.05) is 71.3 Å². The summed E-state index contributed by atoms with van der Waals surface area (Å²) in [5, 5.41) is 38.2. The average molecular weight is 783 g/mol. The molecular formula is C44H54N4O9. The summed E-state index contributed by atoms with van der Waals surface area (Å²) in [6, 6.07) is 10.1. The Kier molecular flexibility index (Phi) is 8.81. The van der Waals surface area contributed by atoms with E-state index in [9.17, 15) is 24.9 Å². The van der Waals surface area contributed by atoms with Crippen LogP contribution in [0.25, 0.3) is 10.9 Å². The third kappa shape index (κ3) is 4.77. The number of ether oxygens (including phenoxy) is 3. The lowest BCUT2D eigenvalue weighted by atomic mass is 9.47. The molecule has 5 aliphatic heterocycles. The molecule has 13 heteroatoms. The highest BCUT2D eigenvalue weighted by molar-refractivity contribution is 5.96. The first-order valence-electron chi connectivity index (χ1n) is 20.4. The molecule has 3 aromatic rings. The van der Waals surface area contributed by atoms with Crippen LogP contribution < -0.4 is 9.64 Å². The van der Waals surface area contributed by atoms with Crippen molar-refractivity contribution in [1.29, 1.82) is 0 Å². The van der Waals surface area contributed by atoms with Gasteiger partial charge in [-0.15, -0.1) is 0 Å². The summed E-state index contributed by atoms with van der Waals surface area (Å²) in [7, 11) is 4.11. The van der Waals surface area contributed by atoms with Crippen molar-refractivity contribution < 1.29 is 43.9 Å². The van der Waals surface area contributed by atoms with Gasteiger partial charge in [0.25, 0.3) is 0 Å². The first kappa shape index (κ1) is 38.3. The van der Waals surface area contributed by atoms with E-state index in [0.29, 0.717) is 99.5 Å². The van der Waals surface area contributed by atoms with Gasteiger partial charge < -0.3 is 39.4 Å². The summed E-state index contributed by atoms with van der Waals surface area (Å²) in [6.45, 7) is 7.01. The van der Waals surface area contributed by atoms with Gasteiger partial charge in [-0.1, -0.05) is 44.2 Å². The fourth-order valence-corrected chi connectivity index (χ4v) is 13.0. The second kappa shape index (κ2) is 13.1. The van der Waals surface area contributed by atoms with Crippen molar-refractivity contribution in [3.8, 4) is 5.75 Å². The molecule has 6 aliphatic rings. The van der Waals surface area contributed by atoms with Gasteiger partial charge >= 0.3 is 11.9 Å². The fraction of sp³-hybridized carbons (Fsp3) is 0.568. The Labute approximate surface area is 332 Å². The number of aliphatic hydroxyl groups excluding tert-OH is 1. The summed E-state index contributed by atoms with van der Waals surface area (Å²) in [5.41, 5.74) is -2.95. The smallest absolute Gasteiger partial charge is 0.342 e. The lowest BCUT2D eigenvalue weighted by molar-refractivity contribution is -0.218. The van der Waals surface area contributed by atoms with Crippen molar-refractivity contribution in [1.82, 2.24) is 14.8 Å². The van der Waals surface area contributed by atoms with E-state index in [4.69, 9.17) is 14.2 Å². The molecule has 1 saturated carbocycles. The number of H-pyrrole nitrogens is 1. The number of fused-ring (bicyclic) bond motifs is 6. The van der Waals surface area contributed by atoms with Crippen LogP contribution in [0.2, 0.25) is 0 Å². The summed E-state index contributed by atoms with van der Waals surface area (Å²) >= 11 is 0. The predicted molar refractivity (Wildman–Crippen MR) is 211 cm³/mol. The minimum absolute atomic E-state index is 0.136. The number of hydrogen-bond donors (Lipinski definition) is 4. The Balaban J connectivity index is 1.38. The number of piperidine rings is 1. The van der Waals surface area contributed by atoms with Crippen LogP contribution in [0.4, 0.5) is 5.69 Å². The molecule has 2 bridgehead atoms. The first-order valence-corrected chi connectivity index (χ1v) is 20.4. The molecule has 57 heavy (non-hydrogen) atoms. The third-order valence-corrected chi connectivity index (χ3v) is 15.3. The monoisotopic (exact) mass is 782 g/mol. The number of nitrogens with one attached hydrogen (secondary N) is 1. The molecule has 3 fully saturated rings. The van der Waals surface area contributed by atoms with E-state index in [0.717, 1.165) is 16.5 Å². The molecule has 2 aromatic carbocycles. The van der Waals surface area contributed by atoms with Gasteiger partial charge in [0.2, 0.25) is 12.0 Å². The molecule has 4 N–H and O–H groups in total. The Morgan fingerprint density at radius 1 is 0.982 bits per heavy atom. The van der Waals surface area contributed by atoms with Crippen molar-refractivity contribution in [2.75, 3.05) is 59.0 Å². The quantitative estimate of drug-likeness (QED) is 0.158. The molecule has 1 aliphatic carbocycles. The number of amides is 1. The normalized spacial score (nSPS) is 37.9. The highest BCUT2D eigenvalue weighted by Crippen LogP contribution is 2.67. The van der Waals surface area contributed by atoms with E-state index in [-0.39, 0.29) is 12.3 Å². The number of esters is 2. The van der Waals surface area contributed by atoms with Gasteiger partial charge in [0.1, 0.15) is 17.3 Å². The van der Waals surface area contributed by atoms with Crippen LogP contribution >= 0.6 is 0 Å². The number of aliphatic hydroxyl groups is 3. The number of aromatic nitrogens is 1. The van der Waals surface area contributed by atoms with Crippen molar-refractivity contribution in [2.45, 2.75) is 92.6 Å². The van der Waals surface area contributed by atoms with Crippen LogP contribution in [0, 0.1) is 11.3 Å². The molecule has 2 saturated heterocycles. The van der Waals surface area contributed by atoms with Gasteiger partial charge in [-0.05, 0) is 74.2 Å². The lowest BCUT2D eigenvalue weighted by Crippen LogP contribution is -2.81. The van der Waals surface area contributed by atoms with Crippen LogP contribution in [0.1, 0.15) is 68.3 Å². The second-order valence-electron chi connectivity index (χ2n) is 17.5. The number of carbonyl (C=O) groups is 3. The molecule has 13 nitrogen and oxygen atoms in total. The zero-order valence-electron chi connectivity index (χ0n) is 33.4. The zero-order valence-corrected chi connectivity index (χ0v) is 33.4. The van der Waals surface area contributed by atoms with E-state index in [2.05, 4.69) is 20.9 Å². The third-order valence-electron chi connectivity index (χ3n) is 15.3. The maximum Gasteiger partial charge on any atom is 0.342 e. The van der Waals surface area contributed by atoms with E-state index >= 15 is 4.79 Å². The molecule has 1 amide bonds. The van der Waals surface area contributed by atoms with Gasteiger partial charge in [-0.25, -0.2) is 4.79 Å². The van der Waals surface area contributed by atoms with Gasteiger partial charge in [-0.2, -0.15) is 0 Å². The molecule has 304 valence electrons. The molecule has 1 spiro atoms. The molecule has 0 radical (unpaired) electrons. The van der Waals surface area contributed by atoms with Gasteiger partial charge in [-0.3, -0.25) is 19.4 Å². The number of rotatable bonds is 7. The summed E-state index contributed by atoms with van der Waals surface area (Å²) < 4.78 is 17.4. The maximum atomic E-state index is 15.2. The second-order valence-corrected chi connectivity index (χ2v) is 17.5. The van der Waals surface area contributed by atoms with Gasteiger partial charge in [0.05, 0.1) is 38.7 Å². The number of hydrogen-bond acceptors (Lipinski definition) is 11. The number of para-hydroxylation sites is 1. The SMILES string of the molecule is CC[C@]1(O)C[C@H]2CN(CCc3c([nH]c4ccccc34)[C@@](C(=O)OC)(c3cc4c(cc3OC)N(C=O)[C@H]3C(O)(C(=O)OC)[C@H](O)[C@@]5(CC)C=CCN6CC[C@@]43[C@@H]65)C2)C1. The van der Waals surface area contributed by atoms with Crippen molar-refractivity contribution in [2.24, 2.45) is 11.3 Å². The predicted octanol–water partition coefficient (Wildman–Crippen LogP) is 2.95. The molecule has 9 rings (SSSR count). The van der Waals surface area contributed by atoms with E-state index in [1.165, 1.54) is 26.2 Å². The van der Waals surface area contributed by atoms with E-state index < -0.39 is 57.6 Å². The fourth-order valence-electron chi connectivity index (χ4n) is 13.0. The number of aromatic amines is 1. The number of carbonyl (C=O) groups excluding carboxylic acids is 3. The van der Waals surface area contributed by atoms with Crippen LogP contribution in [-0.4, -0.2) is 132 Å². The maximum absolute atomic E-state index is 15.2. The van der Waals surface area contributed by atoms with Crippen LogP contribution in [0.3, 0.4) is 0 Å². The summed E-state index contributed by atoms with van der Waals surface area (Å²) in [5.74, 6) is -1.33. The number of methoxy groups -OCH3 is 3. The standard InChI is InChI=1S/C44H54N4O9/c1-6-40(53)21-26-22-43(38(51)56-4,34-28(13-17-46(23-26)24-40)27-11-8-9-12-31(27)45-34)30-19-29-32(20-33(30)55-3)48(25-49)36-42(29)15-18-47-16-10-14-41(7-2,35(42)47)37(50)44(36,54)39(52)57-5/h8-12,14,19-20,25-26,35-37,45,50,53-54H,6-7,13,15-18,21-24H2,1-5H3/t26-,35+,36-,37-,40+,41+,42+,43+,44?/m1/s1. The topological polar surface area (TPSA) is 165 Å². The highest BCUT2D eigenvalue weighted by Gasteiger charge is 2.79. The lowest BCUT2D eigenvalue weighted by Gasteiger charge is -2.62. The Morgan fingerprint density at radius 3 is 2.46 bits per heavy atom. The number of benzene rings is 2. The Bertz CT molecular complexity index is 2190. The zero-order chi connectivity index (χ0) is 40.3. The molecule has 6 heterocycles. The van der Waals surface area contributed by atoms with Crippen LogP contribution in [0.15, 0.2) is 48.6 Å². The van der Waals surface area contributed by atoms with Crippen molar-refractivity contribution in [3.05, 3.63) is 70.9 Å². The van der Waals surface area contributed by atoms with Crippen molar-refractivity contribution in [3.63, 3.8) is 0 Å². The molecule has 1 aromatic heterocycles. The van der Waals surface area contributed by atoms with E-state index in [1.807, 2.05) is 50.3 Å².